The molecule has 9 heteroatoms. The average Bonchev–Trinajstić information content (AvgIpc) is 3.15. The minimum absolute atomic E-state index is 0.0275. The lowest BCUT2D eigenvalue weighted by Crippen LogP contribution is -2.52. The van der Waals surface area contributed by atoms with Crippen molar-refractivity contribution in [3.05, 3.63) is 35.0 Å². The number of nitrogens with zero attached hydrogens (tertiary/aromatic N) is 2. The molecule has 3 N–H and O–H groups in total. The van der Waals surface area contributed by atoms with Gasteiger partial charge in [0.15, 0.2) is 0 Å². The molecule has 0 bridgehead atoms. The second-order valence-corrected chi connectivity index (χ2v) is 7.31. The van der Waals surface area contributed by atoms with Crippen molar-refractivity contribution in [3.63, 3.8) is 0 Å². The Hall–Kier alpha value is -2.23. The van der Waals surface area contributed by atoms with Gasteiger partial charge in [-0.15, -0.1) is 17.9 Å². The lowest BCUT2D eigenvalue weighted by atomic mass is 10.3. The molecule has 1 aliphatic rings. The Morgan fingerprint density at radius 1 is 1.07 bits per heavy atom. The molecule has 0 atom stereocenters. The van der Waals surface area contributed by atoms with Crippen LogP contribution in [0, 0.1) is 0 Å². The number of carbonyl (C=O) groups excluding carboxylic acids is 3. The molecule has 1 aromatic heterocycles. The van der Waals surface area contributed by atoms with Crippen LogP contribution in [-0.2, 0) is 16.0 Å². The molecule has 1 aliphatic heterocycles. The molecule has 1 fully saturated rings. The van der Waals surface area contributed by atoms with Gasteiger partial charge >= 0.3 is 6.03 Å². The molecule has 4 amide bonds. The molecule has 0 aliphatic carbocycles. The van der Waals surface area contributed by atoms with Crippen molar-refractivity contribution in [2.75, 3.05) is 52.4 Å². The van der Waals surface area contributed by atoms with Crippen LogP contribution in [0.15, 0.2) is 30.2 Å². The van der Waals surface area contributed by atoms with E-state index in [0.29, 0.717) is 45.8 Å². The Balaban J connectivity index is 1.57. The van der Waals surface area contributed by atoms with Crippen LogP contribution in [0.3, 0.4) is 0 Å². The molecule has 148 valence electrons. The summed E-state index contributed by atoms with van der Waals surface area (Å²) in [5.41, 5.74) is 0. The summed E-state index contributed by atoms with van der Waals surface area (Å²) in [4.78, 5) is 40.7. The van der Waals surface area contributed by atoms with Gasteiger partial charge in [-0.1, -0.05) is 12.1 Å². The molecule has 2 heterocycles. The highest BCUT2D eigenvalue weighted by Gasteiger charge is 2.21. The lowest BCUT2D eigenvalue weighted by Gasteiger charge is -2.33. The normalized spacial score (nSPS) is 15.1. The number of hydrogen-bond donors (Lipinski definition) is 3. The smallest absolute Gasteiger partial charge is 0.321 e. The Morgan fingerprint density at radius 2 is 1.74 bits per heavy atom. The molecular weight excluding hydrogens is 366 g/mol. The van der Waals surface area contributed by atoms with Crippen LogP contribution in [0.5, 0.6) is 0 Å². The zero-order chi connectivity index (χ0) is 19.5. The number of hydrogen-bond acceptors (Lipinski definition) is 6. The second-order valence-electron chi connectivity index (χ2n) is 6.28. The highest BCUT2D eigenvalue weighted by molar-refractivity contribution is 7.09. The van der Waals surface area contributed by atoms with Crippen molar-refractivity contribution < 1.29 is 14.4 Å². The van der Waals surface area contributed by atoms with Crippen LogP contribution in [0.25, 0.3) is 0 Å². The number of urea groups is 1. The Bertz CT molecular complexity index is 627. The topological polar surface area (TPSA) is 93.8 Å². The maximum absolute atomic E-state index is 12.0. The number of thiophene rings is 1. The molecule has 0 aromatic carbocycles. The first kappa shape index (κ1) is 21.1. The third-order valence-corrected chi connectivity index (χ3v) is 5.07. The summed E-state index contributed by atoms with van der Waals surface area (Å²) in [7, 11) is 0. The second kappa shape index (κ2) is 11.5. The zero-order valence-corrected chi connectivity index (χ0v) is 16.2. The Labute approximate surface area is 163 Å². The van der Waals surface area contributed by atoms with Gasteiger partial charge in [-0.2, -0.15) is 0 Å². The van der Waals surface area contributed by atoms with E-state index in [2.05, 4.69) is 22.5 Å². The van der Waals surface area contributed by atoms with Gasteiger partial charge in [0.2, 0.25) is 11.8 Å². The van der Waals surface area contributed by atoms with Gasteiger partial charge in [0.25, 0.3) is 0 Å². The number of piperazine rings is 1. The molecular formula is C18H27N5O3S. The van der Waals surface area contributed by atoms with Crippen molar-refractivity contribution in [2.24, 2.45) is 0 Å². The monoisotopic (exact) mass is 393 g/mol. The largest absolute Gasteiger partial charge is 0.352 e. The lowest BCUT2D eigenvalue weighted by molar-refractivity contribution is -0.124. The van der Waals surface area contributed by atoms with Gasteiger partial charge in [-0.05, 0) is 17.9 Å². The number of rotatable bonds is 9. The van der Waals surface area contributed by atoms with Crippen LogP contribution in [0.1, 0.15) is 4.88 Å². The van der Waals surface area contributed by atoms with Gasteiger partial charge in [0, 0.05) is 44.1 Å². The van der Waals surface area contributed by atoms with E-state index >= 15 is 0 Å². The fourth-order valence-electron chi connectivity index (χ4n) is 2.72. The first-order valence-electron chi connectivity index (χ1n) is 8.99. The summed E-state index contributed by atoms with van der Waals surface area (Å²) < 4.78 is 0. The van der Waals surface area contributed by atoms with Gasteiger partial charge in [0.05, 0.1) is 13.1 Å². The minimum atomic E-state index is -0.464. The summed E-state index contributed by atoms with van der Waals surface area (Å²) in [6, 6.07) is 3.52. The van der Waals surface area contributed by atoms with Crippen molar-refractivity contribution in [1.29, 1.82) is 0 Å². The number of amides is 4. The molecule has 1 saturated heterocycles. The summed E-state index contributed by atoms with van der Waals surface area (Å²) in [6.07, 6.45) is 2.40. The molecule has 0 radical (unpaired) electrons. The highest BCUT2D eigenvalue weighted by Crippen LogP contribution is 2.08. The van der Waals surface area contributed by atoms with Crippen LogP contribution >= 0.6 is 11.3 Å². The first-order chi connectivity index (χ1) is 13.1. The molecule has 2 rings (SSSR count). The van der Waals surface area contributed by atoms with E-state index in [1.54, 1.807) is 17.4 Å². The first-order valence-corrected chi connectivity index (χ1v) is 9.87. The maximum atomic E-state index is 12.0. The highest BCUT2D eigenvalue weighted by atomic mass is 32.1. The van der Waals surface area contributed by atoms with E-state index in [1.807, 2.05) is 27.3 Å². The molecule has 0 saturated carbocycles. The van der Waals surface area contributed by atoms with Crippen LogP contribution in [-0.4, -0.2) is 80.0 Å². The van der Waals surface area contributed by atoms with E-state index in [9.17, 15) is 14.4 Å². The molecule has 1 aromatic rings. The summed E-state index contributed by atoms with van der Waals surface area (Å²) in [5.74, 6) is -0.346. The molecule has 0 unspecified atom stereocenters. The van der Waals surface area contributed by atoms with Gasteiger partial charge < -0.3 is 10.6 Å². The number of nitrogens with one attached hydrogen (secondary N) is 3. The van der Waals surface area contributed by atoms with E-state index in [1.165, 1.54) is 4.88 Å². The van der Waals surface area contributed by atoms with Crippen LogP contribution in [0.2, 0.25) is 0 Å². The molecule has 0 spiro atoms. The fraction of sp³-hybridized carbons (Fsp3) is 0.500. The van der Waals surface area contributed by atoms with Crippen LogP contribution < -0.4 is 16.0 Å². The predicted octanol–water partition coefficient (Wildman–Crippen LogP) is 0.0362. The van der Waals surface area contributed by atoms with Crippen LogP contribution in [0.4, 0.5) is 4.79 Å². The molecule has 27 heavy (non-hydrogen) atoms. The van der Waals surface area contributed by atoms with Crippen molar-refractivity contribution in [1.82, 2.24) is 25.8 Å². The zero-order valence-electron chi connectivity index (χ0n) is 15.4. The van der Waals surface area contributed by atoms with Gasteiger partial charge in [0.1, 0.15) is 0 Å². The van der Waals surface area contributed by atoms with E-state index in [-0.39, 0.29) is 18.4 Å². The van der Waals surface area contributed by atoms with E-state index in [4.69, 9.17) is 0 Å². The number of carbonyl (C=O) groups is 3. The van der Waals surface area contributed by atoms with E-state index in [0.717, 1.165) is 6.42 Å². The van der Waals surface area contributed by atoms with Crippen molar-refractivity contribution in [3.8, 4) is 0 Å². The standard InChI is InChI=1S/C18H27N5O3S/c1-2-6-19-16(24)13-22-8-10-23(11-9-22)14-17(25)21-18(26)20-7-5-15-4-3-12-27-15/h2-4,12H,1,5-11,13-14H2,(H,19,24)(H2,20,21,25,26). The fourth-order valence-corrected chi connectivity index (χ4v) is 3.43. The molecule has 8 nitrogen and oxygen atoms in total. The average molecular weight is 394 g/mol. The van der Waals surface area contributed by atoms with Gasteiger partial charge in [-0.3, -0.25) is 24.7 Å². The minimum Gasteiger partial charge on any atom is -0.352 e. The van der Waals surface area contributed by atoms with Crippen molar-refractivity contribution >= 4 is 29.2 Å². The maximum Gasteiger partial charge on any atom is 0.321 e. The van der Waals surface area contributed by atoms with Crippen molar-refractivity contribution in [2.45, 2.75) is 6.42 Å². The summed E-state index contributed by atoms with van der Waals surface area (Å²) in [6.45, 7) is 7.83. The van der Waals surface area contributed by atoms with Gasteiger partial charge in [-0.25, -0.2) is 4.79 Å². The summed E-state index contributed by atoms with van der Waals surface area (Å²) in [5, 5.41) is 9.79. The third kappa shape index (κ3) is 8.33. The van der Waals surface area contributed by atoms with E-state index < -0.39 is 6.03 Å². The SMILES string of the molecule is C=CCNC(=O)CN1CCN(CC(=O)NC(=O)NCCc2cccs2)CC1. The Kier molecular flexibility index (Phi) is 8.96. The number of imide groups is 1. The predicted molar refractivity (Wildman–Crippen MR) is 106 cm³/mol. The third-order valence-electron chi connectivity index (χ3n) is 4.13. The summed E-state index contributed by atoms with van der Waals surface area (Å²) >= 11 is 1.64. The Morgan fingerprint density at radius 3 is 2.33 bits per heavy atom. The quantitative estimate of drug-likeness (QED) is 0.515.